The second kappa shape index (κ2) is 10.4. The summed E-state index contributed by atoms with van der Waals surface area (Å²) in [6.07, 6.45) is 0. The Morgan fingerprint density at radius 1 is 0.429 bits per heavy atom. The Hall–Kier alpha value is -6.12. The number of hydrogen-bond donors (Lipinski definition) is 0. The fourth-order valence-corrected chi connectivity index (χ4v) is 8.24. The fraction of sp³-hybridized carbons (Fsp3) is 0.0638. The highest BCUT2D eigenvalue weighted by molar-refractivity contribution is 6.19. The summed E-state index contributed by atoms with van der Waals surface area (Å²) >= 11 is 0. The van der Waals surface area contributed by atoms with E-state index >= 15 is 0 Å². The zero-order valence-electron chi connectivity index (χ0n) is 27.4. The number of rotatable bonds is 3. The predicted molar refractivity (Wildman–Crippen MR) is 206 cm³/mol. The topological polar surface area (TPSA) is 25.8 Å². The van der Waals surface area contributed by atoms with Crippen molar-refractivity contribution >= 4 is 43.2 Å². The van der Waals surface area contributed by atoms with Crippen LogP contribution in [0.25, 0.3) is 88.1 Å². The number of hydrogen-bond acceptors (Lipinski definition) is 2. The molecule has 1 aliphatic carbocycles. The molecule has 0 fully saturated rings. The number of para-hydroxylation sites is 1. The standard InChI is InChI=1S/C47H32N2/c1-47(2)41-28-34-26-32(24-25-33(34)27-40(41)43-37-16-8-6-14-35(37)36-15-7-9-17-38(36)44(43)47)29-20-22-31(23-21-29)46-48-42-19-11-10-18-39(42)45(49-46)30-12-4-3-5-13-30/h3-28H,1-2H3. The molecule has 0 radical (unpaired) electrons. The summed E-state index contributed by atoms with van der Waals surface area (Å²) in [5.41, 5.74) is 11.8. The minimum Gasteiger partial charge on any atom is -0.228 e. The van der Waals surface area contributed by atoms with Crippen LogP contribution in [0.3, 0.4) is 0 Å². The lowest BCUT2D eigenvalue weighted by Gasteiger charge is -2.24. The summed E-state index contributed by atoms with van der Waals surface area (Å²) < 4.78 is 0. The summed E-state index contributed by atoms with van der Waals surface area (Å²) in [6.45, 7) is 4.79. The van der Waals surface area contributed by atoms with Crippen molar-refractivity contribution in [3.05, 3.63) is 169 Å². The molecule has 230 valence electrons. The molecule has 9 aromatic rings. The fourth-order valence-electron chi connectivity index (χ4n) is 8.24. The van der Waals surface area contributed by atoms with Gasteiger partial charge in [-0.2, -0.15) is 0 Å². The van der Waals surface area contributed by atoms with Gasteiger partial charge >= 0.3 is 0 Å². The molecule has 0 aliphatic heterocycles. The van der Waals surface area contributed by atoms with E-state index in [2.05, 4.69) is 153 Å². The number of nitrogens with zero attached hydrogens (tertiary/aromatic N) is 2. The highest BCUT2D eigenvalue weighted by atomic mass is 14.9. The summed E-state index contributed by atoms with van der Waals surface area (Å²) in [5, 5.41) is 8.93. The molecular weight excluding hydrogens is 593 g/mol. The summed E-state index contributed by atoms with van der Waals surface area (Å²) in [5.74, 6) is 0.736. The monoisotopic (exact) mass is 624 g/mol. The van der Waals surface area contributed by atoms with E-state index in [-0.39, 0.29) is 5.41 Å². The van der Waals surface area contributed by atoms with E-state index in [0.717, 1.165) is 33.5 Å². The molecule has 0 amide bonds. The predicted octanol–water partition coefficient (Wildman–Crippen LogP) is 12.4. The van der Waals surface area contributed by atoms with Gasteiger partial charge in [0.15, 0.2) is 5.82 Å². The highest BCUT2D eigenvalue weighted by Crippen LogP contribution is 2.55. The van der Waals surface area contributed by atoms with E-state index in [4.69, 9.17) is 9.97 Å². The van der Waals surface area contributed by atoms with Gasteiger partial charge in [0, 0.05) is 21.9 Å². The maximum absolute atomic E-state index is 5.08. The Bertz CT molecular complexity index is 2780. The van der Waals surface area contributed by atoms with Crippen LogP contribution in [-0.2, 0) is 5.41 Å². The van der Waals surface area contributed by atoms with Gasteiger partial charge in [0.1, 0.15) is 0 Å². The molecule has 1 heterocycles. The van der Waals surface area contributed by atoms with Gasteiger partial charge in [-0.3, -0.25) is 0 Å². The molecule has 2 heteroatoms. The molecule has 1 aliphatic rings. The van der Waals surface area contributed by atoms with Crippen LogP contribution in [0, 0.1) is 0 Å². The van der Waals surface area contributed by atoms with Crippen molar-refractivity contribution in [2.24, 2.45) is 0 Å². The molecule has 0 spiro atoms. The van der Waals surface area contributed by atoms with E-state index in [1.807, 2.05) is 18.2 Å². The zero-order valence-corrected chi connectivity index (χ0v) is 27.4. The number of fused-ring (bicyclic) bond motifs is 10. The van der Waals surface area contributed by atoms with Crippen LogP contribution in [-0.4, -0.2) is 9.97 Å². The third-order valence-corrected chi connectivity index (χ3v) is 10.6. The van der Waals surface area contributed by atoms with E-state index < -0.39 is 0 Å². The van der Waals surface area contributed by atoms with E-state index in [1.165, 1.54) is 65.7 Å². The first-order valence-corrected chi connectivity index (χ1v) is 17.0. The molecule has 0 bridgehead atoms. The molecule has 0 atom stereocenters. The van der Waals surface area contributed by atoms with Gasteiger partial charge in [0.25, 0.3) is 0 Å². The average molecular weight is 625 g/mol. The molecule has 8 aromatic carbocycles. The summed E-state index contributed by atoms with van der Waals surface area (Å²) in [7, 11) is 0. The summed E-state index contributed by atoms with van der Waals surface area (Å²) in [6, 6.07) is 56.9. The van der Waals surface area contributed by atoms with Gasteiger partial charge in [0.2, 0.25) is 0 Å². The van der Waals surface area contributed by atoms with Crippen LogP contribution in [0.4, 0.5) is 0 Å². The van der Waals surface area contributed by atoms with E-state index in [0.29, 0.717) is 0 Å². The van der Waals surface area contributed by atoms with Crippen molar-refractivity contribution in [3.8, 4) is 44.9 Å². The van der Waals surface area contributed by atoms with E-state index in [1.54, 1.807) is 0 Å². The van der Waals surface area contributed by atoms with Gasteiger partial charge in [-0.25, -0.2) is 9.97 Å². The van der Waals surface area contributed by atoms with Gasteiger partial charge in [-0.05, 0) is 90.0 Å². The van der Waals surface area contributed by atoms with Crippen molar-refractivity contribution in [2.75, 3.05) is 0 Å². The van der Waals surface area contributed by atoms with Crippen LogP contribution in [0.15, 0.2) is 158 Å². The average Bonchev–Trinajstić information content (AvgIpc) is 3.39. The largest absolute Gasteiger partial charge is 0.228 e. The van der Waals surface area contributed by atoms with Crippen molar-refractivity contribution in [1.29, 1.82) is 0 Å². The number of aromatic nitrogens is 2. The lowest BCUT2D eigenvalue weighted by Crippen LogP contribution is -2.15. The molecular formula is C47H32N2. The molecule has 0 saturated carbocycles. The highest BCUT2D eigenvalue weighted by Gasteiger charge is 2.38. The normalized spacial score (nSPS) is 13.3. The summed E-state index contributed by atoms with van der Waals surface area (Å²) in [4.78, 5) is 10.0. The minimum absolute atomic E-state index is 0.126. The lowest BCUT2D eigenvalue weighted by atomic mass is 9.79. The Balaban J connectivity index is 1.07. The molecule has 49 heavy (non-hydrogen) atoms. The SMILES string of the molecule is CC1(C)c2cc3cc(-c4ccc(-c5nc(-c6ccccc6)c6ccccc6n5)cc4)ccc3cc2-c2c1c1ccccc1c1ccccc21. The van der Waals surface area contributed by atoms with Crippen molar-refractivity contribution in [2.45, 2.75) is 19.3 Å². The van der Waals surface area contributed by atoms with Gasteiger partial charge in [0.05, 0.1) is 11.2 Å². The van der Waals surface area contributed by atoms with Crippen LogP contribution in [0.1, 0.15) is 25.0 Å². The molecule has 10 rings (SSSR count). The van der Waals surface area contributed by atoms with Gasteiger partial charge < -0.3 is 0 Å². The molecule has 0 N–H and O–H groups in total. The van der Waals surface area contributed by atoms with Gasteiger partial charge in [-0.15, -0.1) is 0 Å². The Labute approximate surface area is 285 Å². The Morgan fingerprint density at radius 3 is 1.82 bits per heavy atom. The molecule has 0 saturated heterocycles. The smallest absolute Gasteiger partial charge is 0.160 e. The van der Waals surface area contributed by atoms with Crippen molar-refractivity contribution in [1.82, 2.24) is 9.97 Å². The Morgan fingerprint density at radius 2 is 1.04 bits per heavy atom. The van der Waals surface area contributed by atoms with Gasteiger partial charge in [-0.1, -0.05) is 147 Å². The Kier molecular flexibility index (Phi) is 5.95. The maximum atomic E-state index is 5.08. The van der Waals surface area contributed by atoms with Crippen molar-refractivity contribution in [3.63, 3.8) is 0 Å². The number of benzene rings is 8. The zero-order chi connectivity index (χ0) is 32.7. The first kappa shape index (κ1) is 27.9. The van der Waals surface area contributed by atoms with Crippen LogP contribution >= 0.6 is 0 Å². The molecule has 2 nitrogen and oxygen atoms in total. The first-order chi connectivity index (χ1) is 24.0. The van der Waals surface area contributed by atoms with Crippen LogP contribution < -0.4 is 0 Å². The second-order valence-corrected chi connectivity index (χ2v) is 13.8. The van der Waals surface area contributed by atoms with Crippen molar-refractivity contribution < 1.29 is 0 Å². The molecule has 0 unspecified atom stereocenters. The quantitative estimate of drug-likeness (QED) is 0.183. The maximum Gasteiger partial charge on any atom is 0.160 e. The third kappa shape index (κ3) is 4.20. The third-order valence-electron chi connectivity index (χ3n) is 10.6. The molecule has 1 aromatic heterocycles. The second-order valence-electron chi connectivity index (χ2n) is 13.8. The van der Waals surface area contributed by atoms with Crippen LogP contribution in [0.2, 0.25) is 0 Å². The minimum atomic E-state index is -0.126. The van der Waals surface area contributed by atoms with E-state index in [9.17, 15) is 0 Å². The van der Waals surface area contributed by atoms with Crippen LogP contribution in [0.5, 0.6) is 0 Å². The lowest BCUT2D eigenvalue weighted by molar-refractivity contribution is 0.667. The first-order valence-electron chi connectivity index (χ1n) is 17.0.